The monoisotopic (exact) mass is 524 g/mol. The number of aromatic nitrogens is 4. The maximum absolute atomic E-state index is 5.87. The zero-order chi connectivity index (χ0) is 26.6. The number of nitrogens with one attached hydrogen (secondary N) is 2. The molecule has 1 fully saturated rings. The maximum Gasteiger partial charge on any atom is 0.138 e. The van der Waals surface area contributed by atoms with E-state index < -0.39 is 0 Å². The number of anilines is 1. The molecule has 1 saturated heterocycles. The summed E-state index contributed by atoms with van der Waals surface area (Å²) in [6, 6.07) is 20.9. The lowest BCUT2D eigenvalue weighted by molar-refractivity contribution is 0.138. The van der Waals surface area contributed by atoms with Crippen LogP contribution in [0.25, 0.3) is 44.8 Å². The first-order chi connectivity index (χ1) is 19.2. The minimum atomic E-state index is 0.693. The molecule has 3 heterocycles. The number of rotatable bonds is 10. The molecule has 0 radical (unpaired) electrons. The summed E-state index contributed by atoms with van der Waals surface area (Å²) in [5.41, 5.74) is 7.25. The smallest absolute Gasteiger partial charge is 0.138 e. The topological polar surface area (TPSA) is 82.3 Å². The molecule has 6 rings (SSSR count). The number of imidazole rings is 2. The van der Waals surface area contributed by atoms with Crippen LogP contribution in [0.4, 0.5) is 5.69 Å². The van der Waals surface area contributed by atoms with E-state index in [0.29, 0.717) is 6.61 Å². The molecule has 1 aliphatic rings. The van der Waals surface area contributed by atoms with Gasteiger partial charge in [0.05, 0.1) is 28.7 Å². The van der Waals surface area contributed by atoms with Gasteiger partial charge in [-0.3, -0.25) is 0 Å². The highest BCUT2D eigenvalue weighted by Gasteiger charge is 2.16. The molecule has 8 heteroatoms. The van der Waals surface area contributed by atoms with Crippen molar-refractivity contribution in [1.82, 2.24) is 24.8 Å². The molecule has 0 saturated carbocycles. The number of likely N-dealkylation sites (N-methyl/N-ethyl adjacent to an activating group) is 1. The number of unbranched alkanes of at least 4 members (excludes halogenated alkanes) is 1. The summed E-state index contributed by atoms with van der Waals surface area (Å²) in [4.78, 5) is 21.5. The predicted octanol–water partition coefficient (Wildman–Crippen LogP) is 5.72. The molecule has 5 aromatic rings. The van der Waals surface area contributed by atoms with Gasteiger partial charge in [0.15, 0.2) is 0 Å². The van der Waals surface area contributed by atoms with Crippen LogP contribution in [0.3, 0.4) is 0 Å². The van der Waals surface area contributed by atoms with Crippen LogP contribution in [0.1, 0.15) is 19.8 Å². The van der Waals surface area contributed by atoms with Gasteiger partial charge in [-0.25, -0.2) is 9.97 Å². The minimum absolute atomic E-state index is 0.693. The van der Waals surface area contributed by atoms with Crippen molar-refractivity contribution in [3.05, 3.63) is 60.7 Å². The van der Waals surface area contributed by atoms with E-state index in [1.807, 2.05) is 37.3 Å². The SMILES string of the molecule is CCOCCCCOc1ccc(-c2nc3ccc(-c4nc5ccc(N6CCN(C)CC6)cc5[nH]4)cc3[nH]2)cc1. The molecule has 2 N–H and O–H groups in total. The summed E-state index contributed by atoms with van der Waals surface area (Å²) in [5, 5.41) is 0. The van der Waals surface area contributed by atoms with Crippen LogP contribution in [0.2, 0.25) is 0 Å². The lowest BCUT2D eigenvalue weighted by Gasteiger charge is -2.34. The van der Waals surface area contributed by atoms with Crippen molar-refractivity contribution in [3.8, 4) is 28.5 Å². The van der Waals surface area contributed by atoms with Crippen LogP contribution in [0.15, 0.2) is 60.7 Å². The lowest BCUT2D eigenvalue weighted by atomic mass is 10.2. The molecule has 0 amide bonds. The van der Waals surface area contributed by atoms with E-state index >= 15 is 0 Å². The van der Waals surface area contributed by atoms with E-state index in [2.05, 4.69) is 57.1 Å². The molecule has 0 atom stereocenters. The Kier molecular flexibility index (Phi) is 7.47. The molecule has 0 unspecified atom stereocenters. The van der Waals surface area contributed by atoms with Gasteiger partial charge in [0.25, 0.3) is 0 Å². The Morgan fingerprint density at radius 1 is 0.744 bits per heavy atom. The van der Waals surface area contributed by atoms with Gasteiger partial charge in [-0.05, 0) is 87.5 Å². The van der Waals surface area contributed by atoms with Gasteiger partial charge in [0, 0.05) is 56.2 Å². The van der Waals surface area contributed by atoms with Crippen molar-refractivity contribution >= 4 is 27.8 Å². The van der Waals surface area contributed by atoms with Crippen molar-refractivity contribution < 1.29 is 9.47 Å². The fraction of sp³-hybridized carbons (Fsp3) is 0.355. The number of fused-ring (bicyclic) bond motifs is 2. The van der Waals surface area contributed by atoms with Gasteiger partial charge in [0.2, 0.25) is 0 Å². The van der Waals surface area contributed by atoms with Crippen LogP contribution in [-0.4, -0.2) is 77.9 Å². The molecule has 3 aromatic carbocycles. The largest absolute Gasteiger partial charge is 0.494 e. The van der Waals surface area contributed by atoms with Crippen LogP contribution in [-0.2, 0) is 4.74 Å². The second-order valence-corrected chi connectivity index (χ2v) is 10.2. The van der Waals surface area contributed by atoms with Crippen LogP contribution in [0, 0.1) is 0 Å². The van der Waals surface area contributed by atoms with Crippen LogP contribution in [0.5, 0.6) is 5.75 Å². The van der Waals surface area contributed by atoms with Gasteiger partial charge in [0.1, 0.15) is 17.4 Å². The van der Waals surface area contributed by atoms with Crippen molar-refractivity contribution in [3.63, 3.8) is 0 Å². The standard InChI is InChI=1S/C31H36N6O2/c1-3-38-18-4-5-19-39-25-10-6-22(7-11-25)30-32-26-12-8-23(20-28(26)34-30)31-33-27-13-9-24(21-29(27)35-31)37-16-14-36(2)15-17-37/h6-13,20-21H,3-5,14-19H2,1-2H3,(H,32,34)(H,33,35). The molecular formula is C31H36N6O2. The highest BCUT2D eigenvalue weighted by atomic mass is 16.5. The molecule has 8 nitrogen and oxygen atoms in total. The zero-order valence-corrected chi connectivity index (χ0v) is 22.7. The Hall–Kier alpha value is -3.88. The molecule has 2 aromatic heterocycles. The second-order valence-electron chi connectivity index (χ2n) is 10.2. The Morgan fingerprint density at radius 3 is 2.13 bits per heavy atom. The van der Waals surface area contributed by atoms with Gasteiger partial charge >= 0.3 is 0 Å². The van der Waals surface area contributed by atoms with Gasteiger partial charge < -0.3 is 29.2 Å². The van der Waals surface area contributed by atoms with Crippen molar-refractivity contribution in [2.75, 3.05) is 57.9 Å². The number of nitrogens with zero attached hydrogens (tertiary/aromatic N) is 4. The number of benzene rings is 3. The van der Waals surface area contributed by atoms with E-state index in [1.165, 1.54) is 5.69 Å². The summed E-state index contributed by atoms with van der Waals surface area (Å²) in [6.07, 6.45) is 1.99. The third-order valence-electron chi connectivity index (χ3n) is 7.37. The van der Waals surface area contributed by atoms with E-state index in [0.717, 1.165) is 103 Å². The van der Waals surface area contributed by atoms with Crippen molar-refractivity contribution in [1.29, 1.82) is 0 Å². The summed E-state index contributed by atoms with van der Waals surface area (Å²) >= 11 is 0. The van der Waals surface area contributed by atoms with Crippen LogP contribution >= 0.6 is 0 Å². The first-order valence-electron chi connectivity index (χ1n) is 13.9. The third kappa shape index (κ3) is 5.77. The van der Waals surface area contributed by atoms with E-state index in [4.69, 9.17) is 19.4 Å². The fourth-order valence-electron chi connectivity index (χ4n) is 5.04. The van der Waals surface area contributed by atoms with E-state index in [1.54, 1.807) is 0 Å². The molecule has 202 valence electrons. The number of piperazine rings is 1. The number of hydrogen-bond donors (Lipinski definition) is 2. The zero-order valence-electron chi connectivity index (χ0n) is 22.7. The summed E-state index contributed by atoms with van der Waals surface area (Å²) in [6.45, 7) is 8.55. The number of aromatic amines is 2. The maximum atomic E-state index is 5.87. The fourth-order valence-corrected chi connectivity index (χ4v) is 5.04. The average Bonchev–Trinajstić information content (AvgIpc) is 3.59. The molecule has 1 aliphatic heterocycles. The number of H-pyrrole nitrogens is 2. The van der Waals surface area contributed by atoms with E-state index in [-0.39, 0.29) is 0 Å². The Balaban J connectivity index is 1.15. The summed E-state index contributed by atoms with van der Waals surface area (Å²) in [7, 11) is 2.18. The first-order valence-corrected chi connectivity index (χ1v) is 13.9. The number of ether oxygens (including phenoxy) is 2. The van der Waals surface area contributed by atoms with Gasteiger partial charge in [-0.1, -0.05) is 0 Å². The average molecular weight is 525 g/mol. The Labute approximate surface area is 229 Å². The highest BCUT2D eigenvalue weighted by molar-refractivity contribution is 5.87. The molecule has 39 heavy (non-hydrogen) atoms. The first kappa shape index (κ1) is 25.4. The summed E-state index contributed by atoms with van der Waals surface area (Å²) in [5.74, 6) is 2.57. The third-order valence-corrected chi connectivity index (χ3v) is 7.37. The molecular weight excluding hydrogens is 488 g/mol. The van der Waals surface area contributed by atoms with Gasteiger partial charge in [-0.15, -0.1) is 0 Å². The van der Waals surface area contributed by atoms with Gasteiger partial charge in [-0.2, -0.15) is 0 Å². The second kappa shape index (κ2) is 11.5. The van der Waals surface area contributed by atoms with Crippen molar-refractivity contribution in [2.24, 2.45) is 0 Å². The van der Waals surface area contributed by atoms with Crippen LogP contribution < -0.4 is 9.64 Å². The predicted molar refractivity (Wildman–Crippen MR) is 158 cm³/mol. The Morgan fingerprint density at radius 2 is 1.38 bits per heavy atom. The minimum Gasteiger partial charge on any atom is -0.494 e. The molecule has 0 aliphatic carbocycles. The summed E-state index contributed by atoms with van der Waals surface area (Å²) < 4.78 is 11.2. The highest BCUT2D eigenvalue weighted by Crippen LogP contribution is 2.29. The van der Waals surface area contributed by atoms with Crippen molar-refractivity contribution in [2.45, 2.75) is 19.8 Å². The number of hydrogen-bond acceptors (Lipinski definition) is 6. The lowest BCUT2D eigenvalue weighted by Crippen LogP contribution is -2.44. The quantitative estimate of drug-likeness (QED) is 0.227. The normalized spacial score (nSPS) is 14.5. The van der Waals surface area contributed by atoms with E-state index in [9.17, 15) is 0 Å². The molecule has 0 spiro atoms. The molecule has 0 bridgehead atoms. The Bertz CT molecular complexity index is 1530.